The Morgan fingerprint density at radius 1 is 0.514 bits per heavy atom. The monoisotopic (exact) mass is 486 g/mol. The van der Waals surface area contributed by atoms with Gasteiger partial charge in [0.2, 0.25) is 0 Å². The third-order valence-electron chi connectivity index (χ3n) is 4.97. The molecular formula is C26H23BF4O4. The summed E-state index contributed by atoms with van der Waals surface area (Å²) >= 11 is 0. The van der Waals surface area contributed by atoms with Crippen molar-refractivity contribution in [3.05, 3.63) is 84.9 Å². The molecule has 1 heterocycles. The van der Waals surface area contributed by atoms with Gasteiger partial charge in [-0.3, -0.25) is 12.9 Å². The van der Waals surface area contributed by atoms with Crippen LogP contribution < -0.4 is 18.9 Å². The standard InChI is InChI=1S/C26H23O4.BF3.FH/c1-27-22-10-4-18(5-11-22)21-16-25(19-6-12-23(28-2)13-7-19)30-26(17-21)20-8-14-24(29-3)15-9-20;2-1(3)4;/h4-17H,1-3H3;;1H/q+1;;/p-1. The Morgan fingerprint density at radius 3 is 1.09 bits per heavy atom. The fourth-order valence-electron chi connectivity index (χ4n) is 3.25. The van der Waals surface area contributed by atoms with E-state index in [0.29, 0.717) is 0 Å². The molecule has 0 spiro atoms. The molecule has 3 aromatic carbocycles. The first kappa shape index (κ1) is 27.2. The molecule has 4 rings (SSSR count). The van der Waals surface area contributed by atoms with Crippen LogP contribution in [0.2, 0.25) is 0 Å². The Kier molecular flexibility index (Phi) is 10.1. The molecule has 0 N–H and O–H groups in total. The molecule has 0 atom stereocenters. The highest BCUT2D eigenvalue weighted by Gasteiger charge is 2.21. The maximum atomic E-state index is 9.67. The quantitative estimate of drug-likeness (QED) is 0.229. The first-order valence-corrected chi connectivity index (χ1v) is 10.3. The Labute approximate surface area is 201 Å². The molecule has 0 radical (unpaired) electrons. The zero-order valence-corrected chi connectivity index (χ0v) is 19.3. The van der Waals surface area contributed by atoms with Crippen molar-refractivity contribution in [1.29, 1.82) is 0 Å². The molecule has 0 fully saturated rings. The fourth-order valence-corrected chi connectivity index (χ4v) is 3.25. The molecule has 35 heavy (non-hydrogen) atoms. The van der Waals surface area contributed by atoms with Gasteiger partial charge in [-0.15, -0.1) is 0 Å². The van der Waals surface area contributed by atoms with Gasteiger partial charge in [0.1, 0.15) is 17.2 Å². The highest BCUT2D eigenvalue weighted by molar-refractivity contribution is 6.33. The summed E-state index contributed by atoms with van der Waals surface area (Å²) in [5, 5.41) is 0. The second-order valence-electron chi connectivity index (χ2n) is 7.01. The van der Waals surface area contributed by atoms with Crippen LogP contribution in [0.15, 0.2) is 89.3 Å². The van der Waals surface area contributed by atoms with E-state index < -0.39 is 7.54 Å². The minimum Gasteiger partial charge on any atom is -1.00 e. The molecule has 4 aromatic rings. The molecule has 0 aliphatic heterocycles. The van der Waals surface area contributed by atoms with E-state index in [1.54, 1.807) is 21.3 Å². The lowest BCUT2D eigenvalue weighted by Gasteiger charge is -2.05. The number of rotatable bonds is 6. The van der Waals surface area contributed by atoms with E-state index in [9.17, 15) is 12.9 Å². The lowest BCUT2D eigenvalue weighted by molar-refractivity contribution is -0.0000110. The van der Waals surface area contributed by atoms with Crippen LogP contribution in [0, 0.1) is 0 Å². The van der Waals surface area contributed by atoms with Crippen LogP contribution >= 0.6 is 0 Å². The second-order valence-corrected chi connectivity index (χ2v) is 7.01. The van der Waals surface area contributed by atoms with E-state index >= 15 is 0 Å². The van der Waals surface area contributed by atoms with Crippen LogP contribution in [-0.4, -0.2) is 28.9 Å². The van der Waals surface area contributed by atoms with Crippen molar-refractivity contribution in [2.45, 2.75) is 0 Å². The van der Waals surface area contributed by atoms with E-state index in [-0.39, 0.29) is 4.70 Å². The molecule has 0 saturated carbocycles. The van der Waals surface area contributed by atoms with Crippen LogP contribution in [0.4, 0.5) is 12.9 Å². The van der Waals surface area contributed by atoms with Crippen LogP contribution in [-0.2, 0) is 0 Å². The zero-order chi connectivity index (χ0) is 24.5. The Hall–Kier alpha value is -4.01. The molecular weight excluding hydrogens is 463 g/mol. The van der Waals surface area contributed by atoms with Crippen molar-refractivity contribution >= 4 is 7.54 Å². The number of halogens is 4. The largest absolute Gasteiger partial charge is 1.00 e. The molecule has 1 aromatic heterocycles. The van der Waals surface area contributed by atoms with Gasteiger partial charge >= 0.3 is 19.1 Å². The van der Waals surface area contributed by atoms with E-state index in [4.69, 9.17) is 18.6 Å². The normalized spacial score (nSPS) is 9.77. The minimum atomic E-state index is -3.67. The molecule has 4 nitrogen and oxygen atoms in total. The van der Waals surface area contributed by atoms with Crippen molar-refractivity contribution in [1.82, 2.24) is 0 Å². The number of hydrogen-bond donors (Lipinski definition) is 0. The van der Waals surface area contributed by atoms with Crippen LogP contribution in [0.3, 0.4) is 0 Å². The summed E-state index contributed by atoms with van der Waals surface area (Å²) < 4.78 is 51.2. The molecule has 0 unspecified atom stereocenters. The van der Waals surface area contributed by atoms with Crippen molar-refractivity contribution in [2.24, 2.45) is 0 Å². The van der Waals surface area contributed by atoms with Gasteiger partial charge < -0.3 is 18.9 Å². The Morgan fingerprint density at radius 2 is 0.800 bits per heavy atom. The molecule has 9 heteroatoms. The predicted octanol–water partition coefficient (Wildman–Crippen LogP) is 4.47. The van der Waals surface area contributed by atoms with Crippen LogP contribution in [0.25, 0.3) is 33.8 Å². The first-order valence-electron chi connectivity index (χ1n) is 10.3. The number of hydrogen-bond acceptors (Lipinski definition) is 3. The maximum absolute atomic E-state index is 9.67. The molecule has 0 aliphatic rings. The van der Waals surface area contributed by atoms with Crippen molar-refractivity contribution < 1.29 is 36.3 Å². The molecule has 0 saturated heterocycles. The summed E-state index contributed by atoms with van der Waals surface area (Å²) in [4.78, 5) is 0. The third-order valence-corrected chi connectivity index (χ3v) is 4.97. The summed E-state index contributed by atoms with van der Waals surface area (Å²) in [7, 11) is 1.32. The van der Waals surface area contributed by atoms with Crippen molar-refractivity contribution in [3.8, 4) is 51.0 Å². The summed E-state index contributed by atoms with van der Waals surface area (Å²) in [6, 6.07) is 27.8. The SMILES string of the molecule is COc1ccc(-c2cc(-c3ccc(OC)cc3)[o+]c(-c3ccc(OC)cc3)c2)cc1.FB(F)F.[F-]. The van der Waals surface area contributed by atoms with Gasteiger partial charge in [-0.05, 0) is 66.2 Å². The van der Waals surface area contributed by atoms with E-state index in [0.717, 1.165) is 51.0 Å². The van der Waals surface area contributed by atoms with Gasteiger partial charge in [-0.2, -0.15) is 0 Å². The van der Waals surface area contributed by atoms with Gasteiger partial charge in [-0.1, -0.05) is 12.1 Å². The summed E-state index contributed by atoms with van der Waals surface area (Å²) in [6.07, 6.45) is 0. The first-order chi connectivity index (χ1) is 16.4. The Bertz CT molecular complexity index is 1020. The second kappa shape index (κ2) is 13.0. The maximum Gasteiger partial charge on any atom is 0.762 e. The fraction of sp³-hybridized carbons (Fsp3) is 0.115. The third kappa shape index (κ3) is 7.50. The van der Waals surface area contributed by atoms with E-state index in [1.165, 1.54) is 0 Å². The minimum absolute atomic E-state index is 0. The number of ether oxygens (including phenoxy) is 3. The van der Waals surface area contributed by atoms with Gasteiger partial charge in [0, 0.05) is 5.56 Å². The predicted molar refractivity (Wildman–Crippen MR) is 128 cm³/mol. The van der Waals surface area contributed by atoms with Crippen molar-refractivity contribution in [3.63, 3.8) is 0 Å². The number of benzene rings is 3. The van der Waals surface area contributed by atoms with Gasteiger partial charge in [0.15, 0.2) is 0 Å². The molecule has 0 amide bonds. The van der Waals surface area contributed by atoms with E-state index in [2.05, 4.69) is 12.1 Å². The lowest BCUT2D eigenvalue weighted by Crippen LogP contribution is -3.00. The van der Waals surface area contributed by atoms with Gasteiger partial charge in [0.25, 0.3) is 0 Å². The summed E-state index contributed by atoms with van der Waals surface area (Å²) in [5.74, 6) is 3.99. The summed E-state index contributed by atoms with van der Waals surface area (Å²) in [6.45, 7) is 0. The van der Waals surface area contributed by atoms with Gasteiger partial charge in [0.05, 0.1) is 44.6 Å². The zero-order valence-electron chi connectivity index (χ0n) is 19.3. The van der Waals surface area contributed by atoms with Gasteiger partial charge in [-0.25, -0.2) is 4.42 Å². The molecule has 0 aliphatic carbocycles. The van der Waals surface area contributed by atoms with E-state index in [1.807, 2.05) is 72.8 Å². The number of methoxy groups -OCH3 is 3. The summed E-state index contributed by atoms with van der Waals surface area (Å²) in [5.41, 5.74) is 4.08. The average molecular weight is 486 g/mol. The Balaban J connectivity index is 0.000000804. The van der Waals surface area contributed by atoms with Crippen LogP contribution in [0.1, 0.15) is 0 Å². The van der Waals surface area contributed by atoms with Crippen LogP contribution in [0.5, 0.6) is 17.2 Å². The lowest BCUT2D eigenvalue weighted by atomic mass is 10.0. The molecule has 182 valence electrons. The molecule has 0 bridgehead atoms. The average Bonchev–Trinajstić information content (AvgIpc) is 2.88. The highest BCUT2D eigenvalue weighted by atomic mass is 19.4. The highest BCUT2D eigenvalue weighted by Crippen LogP contribution is 2.34. The topological polar surface area (TPSA) is 39.0 Å². The smallest absolute Gasteiger partial charge is 0.762 e. The van der Waals surface area contributed by atoms with Crippen molar-refractivity contribution in [2.75, 3.05) is 21.3 Å².